The molecule has 22 aromatic carbocycles. The quantitative estimate of drug-likeness (QED) is 0.0754. The van der Waals surface area contributed by atoms with Crippen molar-refractivity contribution in [1.29, 1.82) is 0 Å². The maximum absolute atomic E-state index is 2.45. The molecule has 0 N–H and O–H groups in total. The smallest absolute Gasteiger partial charge is 0.0702 e. The molecular formula is C128H87N7S3. The molecule has 0 radical (unpaired) electrons. The zero-order valence-electron chi connectivity index (χ0n) is 75.1. The van der Waals surface area contributed by atoms with Gasteiger partial charge in [-0.2, -0.15) is 0 Å². The van der Waals surface area contributed by atoms with Gasteiger partial charge in [-0.1, -0.05) is 297 Å². The number of nitrogens with zero attached hydrogens (tertiary/aromatic N) is 7. The third-order valence-electron chi connectivity index (χ3n) is 26.5. The van der Waals surface area contributed by atoms with Crippen molar-refractivity contribution in [3.63, 3.8) is 0 Å². The average molecular weight is 1820 g/mol. The van der Waals surface area contributed by atoms with Crippen LogP contribution in [0.1, 0.15) is 0 Å². The van der Waals surface area contributed by atoms with Crippen molar-refractivity contribution in [2.24, 2.45) is 0 Å². The van der Waals surface area contributed by atoms with E-state index in [2.05, 4.69) is 562 Å². The number of benzene rings is 22. The summed E-state index contributed by atoms with van der Waals surface area (Å²) in [6.45, 7) is 0. The molecule has 4 aromatic heterocycles. The van der Waals surface area contributed by atoms with Gasteiger partial charge in [0.15, 0.2) is 0 Å². The van der Waals surface area contributed by atoms with Crippen molar-refractivity contribution >= 4 is 240 Å². The number of para-hydroxylation sites is 12. The van der Waals surface area contributed by atoms with E-state index >= 15 is 0 Å². The second-order valence-corrected chi connectivity index (χ2v) is 38.0. The van der Waals surface area contributed by atoms with Crippen LogP contribution in [-0.2, 0) is 0 Å². The fourth-order valence-electron chi connectivity index (χ4n) is 20.1. The molecule has 0 saturated heterocycles. The van der Waals surface area contributed by atoms with Gasteiger partial charge in [-0.05, 0) is 263 Å². The van der Waals surface area contributed by atoms with Crippen LogP contribution in [0.3, 0.4) is 0 Å². The molecular weight excluding hydrogens is 1730 g/mol. The highest BCUT2D eigenvalue weighted by Crippen LogP contribution is 2.53. The Morgan fingerprint density at radius 2 is 0.428 bits per heavy atom. The Morgan fingerprint density at radius 3 is 0.899 bits per heavy atom. The minimum Gasteiger partial charge on any atom is -0.310 e. The molecule has 0 atom stereocenters. The minimum absolute atomic E-state index is 1.05. The summed E-state index contributed by atoms with van der Waals surface area (Å²) in [6, 6.07) is 192. The lowest BCUT2D eigenvalue weighted by molar-refractivity contribution is 1.19. The summed E-state index contributed by atoms with van der Waals surface area (Å²) in [6.07, 6.45) is 0. The van der Waals surface area contributed by atoms with E-state index in [-0.39, 0.29) is 0 Å². The van der Waals surface area contributed by atoms with Gasteiger partial charge in [0.1, 0.15) is 0 Å². The van der Waals surface area contributed by atoms with Gasteiger partial charge in [-0.3, -0.25) is 0 Å². The van der Waals surface area contributed by atoms with E-state index in [1.807, 2.05) is 34.0 Å². The summed E-state index contributed by atoms with van der Waals surface area (Å²) in [4.78, 5) is 14.4. The van der Waals surface area contributed by atoms with E-state index in [4.69, 9.17) is 0 Å². The van der Waals surface area contributed by atoms with Crippen LogP contribution in [0.5, 0.6) is 0 Å². The SMILES string of the molecule is c1ccc(N(c2ccccc2)c2ccc3c(c2)sc2cc(N(c4cccc(-c5ccc6c7ccccc7n(-c7ccc8ccccc8c7)c6c5)c4)c4ccccc4N(c4ccccc4)c4ccccc4)ccc23)cc1.c1ccc(N(c2ccccc2)c2ccc3c(c2)sc2cc(N(c4ccccc4)c4ccccc4N(c4ccc5ccccc5c4)c4ccc5sc6ccccc6c5c4)ccc23)cc1. The first kappa shape index (κ1) is 82.5. The van der Waals surface area contributed by atoms with E-state index < -0.39 is 0 Å². The Labute approximate surface area is 812 Å². The van der Waals surface area contributed by atoms with Crippen molar-refractivity contribution in [1.82, 2.24) is 4.57 Å². The van der Waals surface area contributed by atoms with Gasteiger partial charge >= 0.3 is 0 Å². The molecule has 652 valence electrons. The van der Waals surface area contributed by atoms with Crippen LogP contribution in [-0.4, -0.2) is 4.57 Å². The summed E-state index contributed by atoms with van der Waals surface area (Å²) < 4.78 is 9.97. The van der Waals surface area contributed by atoms with Crippen molar-refractivity contribution in [2.45, 2.75) is 0 Å². The molecule has 0 amide bonds. The van der Waals surface area contributed by atoms with E-state index in [0.29, 0.717) is 0 Å². The molecule has 138 heavy (non-hydrogen) atoms. The first-order chi connectivity index (χ1) is 68.4. The zero-order chi connectivity index (χ0) is 91.4. The summed E-state index contributed by atoms with van der Waals surface area (Å²) in [5.41, 5.74) is 25.5. The topological polar surface area (TPSA) is 24.4 Å². The Morgan fingerprint density at radius 1 is 0.138 bits per heavy atom. The van der Waals surface area contributed by atoms with E-state index in [1.165, 1.54) is 104 Å². The number of fused-ring (bicyclic) bond motifs is 14. The van der Waals surface area contributed by atoms with Gasteiger partial charge in [0.25, 0.3) is 0 Å². The summed E-state index contributed by atoms with van der Waals surface area (Å²) in [5, 5.41) is 14.9. The fraction of sp³-hybridized carbons (Fsp3) is 0. The molecule has 7 nitrogen and oxygen atoms in total. The molecule has 0 aliphatic heterocycles. The molecule has 26 rings (SSSR count). The van der Waals surface area contributed by atoms with Crippen LogP contribution in [0, 0.1) is 0 Å². The molecule has 0 spiro atoms. The van der Waals surface area contributed by atoms with Crippen molar-refractivity contribution in [3.05, 3.63) is 528 Å². The molecule has 0 aliphatic rings. The molecule has 0 saturated carbocycles. The largest absolute Gasteiger partial charge is 0.310 e. The Hall–Kier alpha value is -17.4. The number of thiophene rings is 3. The maximum atomic E-state index is 2.45. The van der Waals surface area contributed by atoms with Gasteiger partial charge in [0, 0.05) is 157 Å². The molecule has 26 aromatic rings. The predicted octanol–water partition coefficient (Wildman–Crippen LogP) is 38.4. The highest BCUT2D eigenvalue weighted by molar-refractivity contribution is 7.26. The van der Waals surface area contributed by atoms with Gasteiger partial charge < -0.3 is 34.0 Å². The third kappa shape index (κ3) is 15.4. The Bertz CT molecular complexity index is 8900. The van der Waals surface area contributed by atoms with Crippen molar-refractivity contribution in [2.75, 3.05) is 29.4 Å². The summed E-state index contributed by atoms with van der Waals surface area (Å²) in [7, 11) is 0. The van der Waals surface area contributed by atoms with E-state index in [0.717, 1.165) is 119 Å². The molecule has 0 fully saturated rings. The highest BCUT2D eigenvalue weighted by atomic mass is 32.1. The molecule has 10 heteroatoms. The third-order valence-corrected chi connectivity index (χ3v) is 29.8. The Kier molecular flexibility index (Phi) is 21.4. The lowest BCUT2D eigenvalue weighted by Crippen LogP contribution is -2.16. The van der Waals surface area contributed by atoms with Crippen molar-refractivity contribution in [3.8, 4) is 16.8 Å². The number of anilines is 18. The Balaban J connectivity index is 0.000000149. The molecule has 0 bridgehead atoms. The fourth-order valence-corrected chi connectivity index (χ4v) is 23.6. The average Bonchev–Trinajstić information content (AvgIpc) is 1.56. The van der Waals surface area contributed by atoms with Gasteiger partial charge in [0.05, 0.1) is 33.8 Å². The maximum Gasteiger partial charge on any atom is 0.0702 e. The lowest BCUT2D eigenvalue weighted by Gasteiger charge is -2.33. The van der Waals surface area contributed by atoms with E-state index in [9.17, 15) is 0 Å². The number of hydrogen-bond acceptors (Lipinski definition) is 9. The second-order valence-electron chi connectivity index (χ2n) is 34.7. The van der Waals surface area contributed by atoms with Crippen LogP contribution in [0.4, 0.5) is 102 Å². The first-order valence-corrected chi connectivity index (χ1v) is 49.2. The monoisotopic (exact) mass is 1820 g/mol. The molecule has 0 unspecified atom stereocenters. The van der Waals surface area contributed by atoms with Crippen LogP contribution < -0.4 is 29.4 Å². The number of hydrogen-bond donors (Lipinski definition) is 0. The lowest BCUT2D eigenvalue weighted by atomic mass is 10.0. The van der Waals surface area contributed by atoms with Crippen LogP contribution in [0.2, 0.25) is 0 Å². The van der Waals surface area contributed by atoms with Crippen LogP contribution in [0.25, 0.3) is 121 Å². The number of aromatic nitrogens is 1. The predicted molar refractivity (Wildman–Crippen MR) is 594 cm³/mol. The minimum atomic E-state index is 1.05. The first-order valence-electron chi connectivity index (χ1n) is 46.7. The zero-order valence-corrected chi connectivity index (χ0v) is 77.5. The summed E-state index contributed by atoms with van der Waals surface area (Å²) in [5.74, 6) is 0. The molecule has 0 aliphatic carbocycles. The molecule has 4 heterocycles. The number of rotatable bonds is 20. The van der Waals surface area contributed by atoms with Gasteiger partial charge in [-0.25, -0.2) is 0 Å². The van der Waals surface area contributed by atoms with Crippen LogP contribution in [0.15, 0.2) is 528 Å². The van der Waals surface area contributed by atoms with Gasteiger partial charge in [0.2, 0.25) is 0 Å². The van der Waals surface area contributed by atoms with Gasteiger partial charge in [-0.15, -0.1) is 34.0 Å². The van der Waals surface area contributed by atoms with E-state index in [1.54, 1.807) is 0 Å². The standard InChI is InChI=1S/C70H48N4S.C58H39N3S2/c1-5-23-53(24-6-1)71(54-25-7-2-8-26-54)59-39-42-63-64-43-40-60(48-70(64)75-69(63)47-59)73(67-35-18-17-34-66(67)72(55-27-9-3-10-28-55)56-29-11-4-12-30-56)57-31-19-22-51(45-57)52-37-41-62-61-32-15-16-33-65(61)74(68(62)46-52)58-38-36-49-20-13-14-21-50(49)44-58;1-4-18-42(19-5-1)59(43-20-6-2-7-21-43)47-30-33-50-51-34-31-48(39-58(51)63-57(50)38-47)60(44-22-8-3-9-23-44)53-25-13-14-26-54(53)61(45-29-28-40-16-10-11-17-41(40)36-45)46-32-35-56-52(37-46)49-24-12-15-27-55(49)62-56/h1-48H;1-39H. The van der Waals surface area contributed by atoms with Crippen molar-refractivity contribution < 1.29 is 0 Å². The summed E-state index contributed by atoms with van der Waals surface area (Å²) >= 11 is 5.55. The van der Waals surface area contributed by atoms with Crippen LogP contribution >= 0.6 is 34.0 Å². The second kappa shape index (κ2) is 35.9. The normalized spacial score (nSPS) is 11.5. The highest BCUT2D eigenvalue weighted by Gasteiger charge is 2.28.